The van der Waals surface area contributed by atoms with Crippen molar-refractivity contribution in [2.24, 2.45) is 0 Å². The number of unbranched alkanes of at least 4 members (excludes halogenated alkanes) is 1. The molecule has 2 N–H and O–H groups in total. The Morgan fingerprint density at radius 1 is 1.32 bits per heavy atom. The number of carbonyl (C=O) groups excluding carboxylic acids is 1. The maximum absolute atomic E-state index is 11.7. The number of thioether (sulfide) groups is 1. The predicted octanol–water partition coefficient (Wildman–Crippen LogP) is 3.32. The van der Waals surface area contributed by atoms with Crippen LogP contribution in [0.2, 0.25) is 0 Å². The third-order valence-corrected chi connectivity index (χ3v) is 4.24. The van der Waals surface area contributed by atoms with Crippen LogP contribution in [0.4, 0.5) is 0 Å². The molecule has 1 amide bonds. The second-order valence-corrected chi connectivity index (χ2v) is 6.23. The van der Waals surface area contributed by atoms with Gasteiger partial charge in [0.2, 0.25) is 5.91 Å². The number of aromatic nitrogens is 2. The van der Waals surface area contributed by atoms with Crippen molar-refractivity contribution < 1.29 is 4.79 Å². The molecule has 0 bridgehead atoms. The third-order valence-electron chi connectivity index (χ3n) is 3.37. The molecular weight excluding hydrogens is 294 g/mol. The molecule has 2 aromatic rings. The molecule has 2 rings (SSSR count). The van der Waals surface area contributed by atoms with E-state index in [4.69, 9.17) is 0 Å². The Morgan fingerprint density at radius 3 is 2.82 bits per heavy atom. The van der Waals surface area contributed by atoms with Crippen LogP contribution in [0, 0.1) is 6.92 Å². The quantitative estimate of drug-likeness (QED) is 0.580. The van der Waals surface area contributed by atoms with Gasteiger partial charge < -0.3 is 10.3 Å². The van der Waals surface area contributed by atoms with Gasteiger partial charge in [-0.2, -0.15) is 0 Å². The van der Waals surface area contributed by atoms with Crippen molar-refractivity contribution in [1.29, 1.82) is 0 Å². The summed E-state index contributed by atoms with van der Waals surface area (Å²) in [5, 5.41) is 3.73. The largest absolute Gasteiger partial charge is 0.355 e. The number of nitrogens with one attached hydrogen (secondary N) is 2. The lowest BCUT2D eigenvalue weighted by atomic mass is 10.1. The first-order chi connectivity index (χ1) is 10.7. The van der Waals surface area contributed by atoms with Gasteiger partial charge in [-0.3, -0.25) is 4.79 Å². The van der Waals surface area contributed by atoms with E-state index < -0.39 is 0 Å². The van der Waals surface area contributed by atoms with Gasteiger partial charge in [-0.05, 0) is 18.9 Å². The number of aromatic amines is 1. The van der Waals surface area contributed by atoms with E-state index in [9.17, 15) is 4.79 Å². The zero-order valence-electron chi connectivity index (χ0n) is 13.2. The van der Waals surface area contributed by atoms with Crippen molar-refractivity contribution in [3.63, 3.8) is 0 Å². The molecule has 1 aromatic heterocycles. The van der Waals surface area contributed by atoms with Crippen molar-refractivity contribution in [2.75, 3.05) is 12.3 Å². The van der Waals surface area contributed by atoms with Crippen molar-refractivity contribution in [3.8, 4) is 0 Å². The summed E-state index contributed by atoms with van der Waals surface area (Å²) in [6, 6.07) is 10.3. The van der Waals surface area contributed by atoms with Gasteiger partial charge in [-0.15, -0.1) is 0 Å². The molecule has 0 aliphatic carbocycles. The van der Waals surface area contributed by atoms with Crippen LogP contribution >= 0.6 is 11.8 Å². The number of nitrogens with zero attached hydrogens (tertiary/aromatic N) is 1. The lowest BCUT2D eigenvalue weighted by Gasteiger charge is -2.02. The topological polar surface area (TPSA) is 57.8 Å². The Kier molecular flexibility index (Phi) is 6.52. The fraction of sp³-hybridized carbons (Fsp3) is 0.412. The average Bonchev–Trinajstić information content (AvgIpc) is 2.87. The average molecular weight is 317 g/mol. The van der Waals surface area contributed by atoms with Gasteiger partial charge in [0.1, 0.15) is 0 Å². The van der Waals surface area contributed by atoms with E-state index in [0.717, 1.165) is 42.4 Å². The van der Waals surface area contributed by atoms with E-state index >= 15 is 0 Å². The zero-order chi connectivity index (χ0) is 15.8. The van der Waals surface area contributed by atoms with Gasteiger partial charge >= 0.3 is 0 Å². The number of hydrogen-bond acceptors (Lipinski definition) is 3. The van der Waals surface area contributed by atoms with E-state index in [-0.39, 0.29) is 5.91 Å². The number of rotatable bonds is 8. The molecule has 1 heterocycles. The van der Waals surface area contributed by atoms with Gasteiger partial charge in [-0.25, -0.2) is 4.98 Å². The maximum Gasteiger partial charge on any atom is 0.230 e. The fourth-order valence-electron chi connectivity index (χ4n) is 2.09. The number of benzene rings is 1. The maximum atomic E-state index is 11.7. The predicted molar refractivity (Wildman–Crippen MR) is 91.2 cm³/mol. The second kappa shape index (κ2) is 8.63. The molecular formula is C17H23N3OS. The SMILES string of the molecule is CCCCNC(=O)CSc1nc(Cc2ccccc2)c(C)[nH]1. The Morgan fingerprint density at radius 2 is 2.09 bits per heavy atom. The molecule has 0 aliphatic rings. The summed E-state index contributed by atoms with van der Waals surface area (Å²) in [6.45, 7) is 4.89. The van der Waals surface area contributed by atoms with Gasteiger partial charge in [-0.1, -0.05) is 55.4 Å². The van der Waals surface area contributed by atoms with Crippen LogP contribution in [0.3, 0.4) is 0 Å². The van der Waals surface area contributed by atoms with Crippen molar-refractivity contribution in [3.05, 3.63) is 47.3 Å². The summed E-state index contributed by atoms with van der Waals surface area (Å²) in [7, 11) is 0. The first kappa shape index (κ1) is 16.6. The van der Waals surface area contributed by atoms with Crippen molar-refractivity contribution in [1.82, 2.24) is 15.3 Å². The number of H-pyrrole nitrogens is 1. The van der Waals surface area contributed by atoms with Crippen LogP contribution in [0.1, 0.15) is 36.7 Å². The Balaban J connectivity index is 1.86. The molecule has 0 spiro atoms. The number of carbonyl (C=O) groups is 1. The van der Waals surface area contributed by atoms with Crippen molar-refractivity contribution in [2.45, 2.75) is 38.3 Å². The molecule has 0 saturated carbocycles. The third kappa shape index (κ3) is 5.22. The van der Waals surface area contributed by atoms with E-state index in [1.54, 1.807) is 0 Å². The number of amides is 1. The molecule has 5 heteroatoms. The van der Waals surface area contributed by atoms with Gasteiger partial charge in [0.15, 0.2) is 5.16 Å². The Labute approximate surface area is 136 Å². The fourth-order valence-corrected chi connectivity index (χ4v) is 2.86. The van der Waals surface area contributed by atoms with Crippen LogP contribution < -0.4 is 5.32 Å². The highest BCUT2D eigenvalue weighted by atomic mass is 32.2. The van der Waals surface area contributed by atoms with Crippen molar-refractivity contribution >= 4 is 17.7 Å². The van der Waals surface area contributed by atoms with Crippen LogP contribution in [-0.2, 0) is 11.2 Å². The highest BCUT2D eigenvalue weighted by Crippen LogP contribution is 2.18. The van der Waals surface area contributed by atoms with E-state index in [2.05, 4.69) is 34.3 Å². The summed E-state index contributed by atoms with van der Waals surface area (Å²) in [6.07, 6.45) is 2.93. The smallest absolute Gasteiger partial charge is 0.230 e. The summed E-state index contributed by atoms with van der Waals surface area (Å²) in [5.41, 5.74) is 3.35. The van der Waals surface area contributed by atoms with Gasteiger partial charge in [0.25, 0.3) is 0 Å². The first-order valence-electron chi connectivity index (χ1n) is 7.68. The molecule has 0 radical (unpaired) electrons. The molecule has 0 aliphatic heterocycles. The van der Waals surface area contributed by atoms with Crippen LogP contribution in [-0.4, -0.2) is 28.2 Å². The highest BCUT2D eigenvalue weighted by molar-refractivity contribution is 7.99. The van der Waals surface area contributed by atoms with Crippen LogP contribution in [0.15, 0.2) is 35.5 Å². The lowest BCUT2D eigenvalue weighted by molar-refractivity contribution is -0.118. The lowest BCUT2D eigenvalue weighted by Crippen LogP contribution is -2.26. The molecule has 0 saturated heterocycles. The van der Waals surface area contributed by atoms with E-state index in [1.165, 1.54) is 17.3 Å². The molecule has 0 unspecified atom stereocenters. The molecule has 0 atom stereocenters. The number of imidazole rings is 1. The summed E-state index contributed by atoms with van der Waals surface area (Å²) in [5.74, 6) is 0.471. The van der Waals surface area contributed by atoms with Gasteiger partial charge in [0, 0.05) is 18.7 Å². The summed E-state index contributed by atoms with van der Waals surface area (Å²) in [4.78, 5) is 19.6. The standard InChI is InChI=1S/C17H23N3OS/c1-3-4-10-18-16(21)12-22-17-19-13(2)15(20-17)11-14-8-6-5-7-9-14/h5-9H,3-4,10-12H2,1-2H3,(H,18,21)(H,19,20). The monoisotopic (exact) mass is 317 g/mol. The van der Waals surface area contributed by atoms with E-state index in [1.807, 2.05) is 25.1 Å². The second-order valence-electron chi connectivity index (χ2n) is 5.27. The molecule has 118 valence electrons. The minimum absolute atomic E-state index is 0.0668. The zero-order valence-corrected chi connectivity index (χ0v) is 14.0. The van der Waals surface area contributed by atoms with E-state index in [0.29, 0.717) is 5.75 Å². The molecule has 0 fully saturated rings. The molecule has 1 aromatic carbocycles. The van der Waals surface area contributed by atoms with Gasteiger partial charge in [0.05, 0.1) is 11.4 Å². The number of aryl methyl sites for hydroxylation is 1. The minimum atomic E-state index is 0.0668. The van der Waals surface area contributed by atoms with Crippen LogP contribution in [0.5, 0.6) is 0 Å². The summed E-state index contributed by atoms with van der Waals surface area (Å²) < 4.78 is 0. The Bertz CT molecular complexity index is 595. The summed E-state index contributed by atoms with van der Waals surface area (Å²) >= 11 is 1.45. The number of hydrogen-bond donors (Lipinski definition) is 2. The Hall–Kier alpha value is -1.75. The first-order valence-corrected chi connectivity index (χ1v) is 8.66. The molecule has 4 nitrogen and oxygen atoms in total. The molecule has 22 heavy (non-hydrogen) atoms. The minimum Gasteiger partial charge on any atom is -0.355 e. The normalized spacial score (nSPS) is 10.6. The highest BCUT2D eigenvalue weighted by Gasteiger charge is 2.09. The van der Waals surface area contributed by atoms with Crippen LogP contribution in [0.25, 0.3) is 0 Å².